The van der Waals surface area contributed by atoms with E-state index in [0.717, 1.165) is 0 Å². The molecule has 1 heterocycles. The highest BCUT2D eigenvalue weighted by Crippen LogP contribution is 2.33. The first kappa shape index (κ1) is 26.0. The van der Waals surface area contributed by atoms with Gasteiger partial charge in [-0.05, 0) is 111 Å². The molecule has 0 saturated heterocycles. The van der Waals surface area contributed by atoms with Crippen molar-refractivity contribution in [3.8, 4) is 11.5 Å². The summed E-state index contributed by atoms with van der Waals surface area (Å²) in [6, 6.07) is 10.9. The Morgan fingerprint density at radius 1 is 0.735 bits per heavy atom. The first-order valence-electron chi connectivity index (χ1n) is 9.15. The van der Waals surface area contributed by atoms with E-state index in [1.165, 1.54) is 30.6 Å². The molecule has 3 rings (SSSR count). The van der Waals surface area contributed by atoms with Crippen LogP contribution in [-0.4, -0.2) is 39.4 Å². The van der Waals surface area contributed by atoms with E-state index in [2.05, 4.69) is 89.8 Å². The van der Waals surface area contributed by atoms with E-state index >= 15 is 0 Å². The molecule has 9 nitrogen and oxygen atoms in total. The lowest BCUT2D eigenvalue weighted by atomic mass is 10.2. The number of benzene rings is 2. The number of pyridine rings is 1. The third-order valence-electron chi connectivity index (χ3n) is 4.05. The number of aromatic nitrogens is 1. The predicted molar refractivity (Wildman–Crippen MR) is 141 cm³/mol. The average molecular weight is 719 g/mol. The van der Waals surface area contributed by atoms with Crippen LogP contribution < -0.4 is 10.9 Å². The number of halogens is 4. The Labute approximate surface area is 226 Å². The molecule has 0 fully saturated rings. The second kappa shape index (κ2) is 11.7. The molecule has 0 saturated carbocycles. The Bertz CT molecular complexity index is 1190. The van der Waals surface area contributed by atoms with Gasteiger partial charge in [-0.3, -0.25) is 9.59 Å². The molecule has 1 aromatic heterocycles. The normalized spacial score (nSPS) is 11.2. The van der Waals surface area contributed by atoms with Crippen LogP contribution in [0.3, 0.4) is 0 Å². The van der Waals surface area contributed by atoms with Crippen molar-refractivity contribution in [2.45, 2.75) is 0 Å². The molecule has 34 heavy (non-hydrogen) atoms. The van der Waals surface area contributed by atoms with Crippen LogP contribution in [-0.2, 0) is 0 Å². The summed E-state index contributed by atoms with van der Waals surface area (Å²) >= 11 is 12.9. The molecule has 2 amide bonds. The highest BCUT2D eigenvalue weighted by Gasteiger charge is 2.12. The van der Waals surface area contributed by atoms with E-state index in [-0.39, 0.29) is 22.9 Å². The number of carbonyl (C=O) groups is 2. The molecule has 2 aromatic carbocycles. The van der Waals surface area contributed by atoms with E-state index in [4.69, 9.17) is 0 Å². The van der Waals surface area contributed by atoms with Gasteiger partial charge < -0.3 is 10.2 Å². The SMILES string of the molecule is O=C(N/N=C/c1cc(Br)c(O)c(Br)c1)c1cccc(C(=O)N/N=C/c2cc(Br)c(O)c(Br)c2)n1. The number of hydrogen-bond acceptors (Lipinski definition) is 7. The molecule has 4 N–H and O–H groups in total. The third-order valence-corrected chi connectivity index (χ3v) is 6.47. The van der Waals surface area contributed by atoms with E-state index in [1.807, 2.05) is 0 Å². The maximum Gasteiger partial charge on any atom is 0.289 e. The number of nitrogens with zero attached hydrogens (tertiary/aromatic N) is 3. The van der Waals surface area contributed by atoms with Gasteiger partial charge >= 0.3 is 0 Å². The van der Waals surface area contributed by atoms with E-state index in [1.54, 1.807) is 24.3 Å². The third kappa shape index (κ3) is 6.72. The predicted octanol–water partition coefficient (Wildman–Crippen LogP) is 5.07. The number of hydrogen-bond donors (Lipinski definition) is 4. The fraction of sp³-hybridized carbons (Fsp3) is 0. The Hall–Kier alpha value is -2.61. The van der Waals surface area contributed by atoms with Crippen LogP contribution in [0.1, 0.15) is 32.1 Å². The van der Waals surface area contributed by atoms with Crippen LogP contribution in [0.25, 0.3) is 0 Å². The van der Waals surface area contributed by atoms with Crippen LogP contribution in [0.5, 0.6) is 11.5 Å². The minimum absolute atomic E-state index is 0.0201. The molecule has 0 aliphatic heterocycles. The lowest BCUT2D eigenvalue weighted by molar-refractivity contribution is 0.0945. The van der Waals surface area contributed by atoms with Gasteiger partial charge in [0.1, 0.15) is 22.9 Å². The Morgan fingerprint density at radius 2 is 1.09 bits per heavy atom. The smallest absolute Gasteiger partial charge is 0.289 e. The Balaban J connectivity index is 1.63. The van der Waals surface area contributed by atoms with E-state index < -0.39 is 11.8 Å². The molecule has 0 unspecified atom stereocenters. The number of rotatable bonds is 6. The maximum atomic E-state index is 12.4. The largest absolute Gasteiger partial charge is 0.506 e. The first-order chi connectivity index (χ1) is 16.2. The van der Waals surface area contributed by atoms with Gasteiger partial charge in [0.2, 0.25) is 0 Å². The summed E-state index contributed by atoms with van der Waals surface area (Å²) in [5.41, 5.74) is 5.85. The highest BCUT2D eigenvalue weighted by molar-refractivity contribution is 9.11. The summed E-state index contributed by atoms with van der Waals surface area (Å²) in [5, 5.41) is 27.2. The van der Waals surface area contributed by atoms with Crippen molar-refractivity contribution >= 4 is 88.0 Å². The molecule has 0 bridgehead atoms. The molecule has 174 valence electrons. The van der Waals surface area contributed by atoms with Gasteiger partial charge in [-0.2, -0.15) is 10.2 Å². The molecule has 0 aliphatic carbocycles. The van der Waals surface area contributed by atoms with Crippen molar-refractivity contribution in [3.63, 3.8) is 0 Å². The van der Waals surface area contributed by atoms with Crippen molar-refractivity contribution in [2.24, 2.45) is 10.2 Å². The molecule has 13 heteroatoms. The van der Waals surface area contributed by atoms with Crippen LogP contribution in [0, 0.1) is 0 Å². The summed E-state index contributed by atoms with van der Waals surface area (Å²) in [6.07, 6.45) is 2.77. The zero-order valence-corrected chi connectivity index (χ0v) is 23.1. The van der Waals surface area contributed by atoms with Gasteiger partial charge in [0.05, 0.1) is 30.3 Å². The Kier molecular flexibility index (Phi) is 8.94. The molecule has 0 atom stereocenters. The Morgan fingerprint density at radius 3 is 1.44 bits per heavy atom. The highest BCUT2D eigenvalue weighted by atomic mass is 79.9. The zero-order chi connectivity index (χ0) is 24.8. The van der Waals surface area contributed by atoms with Crippen LogP contribution in [0.4, 0.5) is 0 Å². The van der Waals surface area contributed by atoms with Crippen molar-refractivity contribution < 1.29 is 19.8 Å². The molecule has 0 spiro atoms. The van der Waals surface area contributed by atoms with E-state index in [0.29, 0.717) is 29.0 Å². The van der Waals surface area contributed by atoms with Gasteiger partial charge in [-0.1, -0.05) is 6.07 Å². The molecule has 0 aliphatic rings. The van der Waals surface area contributed by atoms with E-state index in [9.17, 15) is 19.8 Å². The maximum absolute atomic E-state index is 12.4. The second-order valence-electron chi connectivity index (χ2n) is 6.47. The molecule has 0 radical (unpaired) electrons. The van der Waals surface area contributed by atoms with Crippen molar-refractivity contribution in [3.05, 3.63) is 82.9 Å². The van der Waals surface area contributed by atoms with Gasteiger partial charge in [-0.25, -0.2) is 15.8 Å². The van der Waals surface area contributed by atoms with Gasteiger partial charge in [0.25, 0.3) is 11.8 Å². The molecular formula is C21H13Br4N5O4. The number of phenols is 2. The minimum Gasteiger partial charge on any atom is -0.506 e. The number of aromatic hydroxyl groups is 2. The van der Waals surface area contributed by atoms with Crippen LogP contribution >= 0.6 is 63.7 Å². The summed E-state index contributed by atoms with van der Waals surface area (Å²) < 4.78 is 1.85. The number of hydrazone groups is 2. The molecular weight excluding hydrogens is 706 g/mol. The van der Waals surface area contributed by atoms with Gasteiger partial charge in [-0.15, -0.1) is 0 Å². The quantitative estimate of drug-likeness (QED) is 0.209. The summed E-state index contributed by atoms with van der Waals surface area (Å²) in [6.45, 7) is 0. The standard InChI is InChI=1S/C21H13Br4N5O4/c22-12-4-10(5-13(23)18(12)31)8-26-29-20(33)16-2-1-3-17(28-16)21(34)30-27-9-11-6-14(24)19(32)15(25)7-11/h1-9,31-32H,(H,29,33)(H,30,34)/b26-8+,27-9+. The second-order valence-corrected chi connectivity index (χ2v) is 9.89. The number of carbonyl (C=O) groups excluding carboxylic acids is 2. The fourth-order valence-corrected chi connectivity index (χ4v) is 4.90. The fourth-order valence-electron chi connectivity index (χ4n) is 2.45. The van der Waals surface area contributed by atoms with Gasteiger partial charge in [0.15, 0.2) is 0 Å². The summed E-state index contributed by atoms with van der Waals surface area (Å²) in [5.74, 6) is -1.14. The zero-order valence-electron chi connectivity index (χ0n) is 16.8. The summed E-state index contributed by atoms with van der Waals surface area (Å²) in [7, 11) is 0. The molecule has 3 aromatic rings. The summed E-state index contributed by atoms with van der Waals surface area (Å²) in [4.78, 5) is 28.7. The monoisotopic (exact) mass is 715 g/mol. The van der Waals surface area contributed by atoms with Crippen molar-refractivity contribution in [1.82, 2.24) is 15.8 Å². The van der Waals surface area contributed by atoms with Gasteiger partial charge in [0, 0.05) is 0 Å². The number of nitrogens with one attached hydrogen (secondary N) is 2. The number of amides is 2. The lowest BCUT2D eigenvalue weighted by Crippen LogP contribution is -2.23. The van der Waals surface area contributed by atoms with Crippen molar-refractivity contribution in [2.75, 3.05) is 0 Å². The minimum atomic E-state index is -0.620. The van der Waals surface area contributed by atoms with Crippen LogP contribution in [0.15, 0.2) is 70.6 Å². The van der Waals surface area contributed by atoms with Crippen LogP contribution in [0.2, 0.25) is 0 Å². The number of phenolic OH excluding ortho intramolecular Hbond substituents is 2. The topological polar surface area (TPSA) is 136 Å². The lowest BCUT2D eigenvalue weighted by Gasteiger charge is -2.04. The average Bonchev–Trinajstić information content (AvgIpc) is 2.80. The first-order valence-corrected chi connectivity index (χ1v) is 12.3. The van der Waals surface area contributed by atoms with Crippen molar-refractivity contribution in [1.29, 1.82) is 0 Å².